The Morgan fingerprint density at radius 2 is 1.71 bits per heavy atom. The molecule has 0 aromatic heterocycles. The molecule has 112 valence electrons. The van der Waals surface area contributed by atoms with E-state index < -0.39 is 15.9 Å². The van der Waals surface area contributed by atoms with Crippen LogP contribution in [0.1, 0.15) is 22.7 Å². The summed E-state index contributed by atoms with van der Waals surface area (Å²) in [4.78, 5) is 0. The second-order valence-corrected chi connectivity index (χ2v) is 7.69. The van der Waals surface area contributed by atoms with Gasteiger partial charge in [-0.05, 0) is 35.7 Å². The van der Waals surface area contributed by atoms with Gasteiger partial charge in [-0.25, -0.2) is 8.42 Å². The Kier molecular flexibility index (Phi) is 5.04. The third kappa shape index (κ3) is 4.56. The number of nitrogens with two attached hydrogens (primary N) is 1. The van der Waals surface area contributed by atoms with Crippen LogP contribution in [0.25, 0.3) is 0 Å². The first-order valence-corrected chi connectivity index (χ1v) is 8.83. The highest BCUT2D eigenvalue weighted by Gasteiger charge is 2.19. The molecule has 0 fully saturated rings. The highest BCUT2D eigenvalue weighted by atomic mass is 35.5. The van der Waals surface area contributed by atoms with Gasteiger partial charge in [-0.15, -0.1) is 0 Å². The summed E-state index contributed by atoms with van der Waals surface area (Å²) < 4.78 is 24.5. The van der Waals surface area contributed by atoms with E-state index in [4.69, 9.17) is 17.3 Å². The molecule has 1 unspecified atom stereocenters. The fourth-order valence-corrected chi connectivity index (χ4v) is 3.93. The van der Waals surface area contributed by atoms with E-state index in [1.807, 2.05) is 31.2 Å². The number of hydrogen-bond donors (Lipinski definition) is 1. The van der Waals surface area contributed by atoms with Crippen molar-refractivity contribution in [1.29, 1.82) is 0 Å². The summed E-state index contributed by atoms with van der Waals surface area (Å²) in [5.41, 5.74) is 8.66. The predicted octanol–water partition coefficient (Wildman–Crippen LogP) is 3.26. The molecule has 0 heterocycles. The lowest BCUT2D eigenvalue weighted by atomic mass is 10.0. The van der Waals surface area contributed by atoms with Crippen LogP contribution in [0.3, 0.4) is 0 Å². The summed E-state index contributed by atoms with van der Waals surface area (Å²) in [5, 5.41) is 0.591. The molecule has 2 rings (SSSR count). The van der Waals surface area contributed by atoms with Crippen LogP contribution >= 0.6 is 11.6 Å². The minimum Gasteiger partial charge on any atom is -0.323 e. The van der Waals surface area contributed by atoms with Crippen molar-refractivity contribution in [3.8, 4) is 0 Å². The van der Waals surface area contributed by atoms with Crippen LogP contribution < -0.4 is 5.73 Å². The lowest BCUT2D eigenvalue weighted by molar-refractivity contribution is 0.588. The summed E-state index contributed by atoms with van der Waals surface area (Å²) in [6.45, 7) is 1.93. The lowest BCUT2D eigenvalue weighted by Crippen LogP contribution is -2.23. The third-order valence-electron chi connectivity index (χ3n) is 3.32. The van der Waals surface area contributed by atoms with Crippen LogP contribution in [0.15, 0.2) is 48.5 Å². The van der Waals surface area contributed by atoms with E-state index in [-0.39, 0.29) is 11.5 Å². The SMILES string of the molecule is Cc1ccccc1C(N)CS(=O)(=O)Cc1ccc(Cl)cc1. The number of aryl methyl sites for hydroxylation is 1. The van der Waals surface area contributed by atoms with Crippen molar-refractivity contribution >= 4 is 21.4 Å². The molecule has 0 aliphatic carbocycles. The molecule has 0 amide bonds. The van der Waals surface area contributed by atoms with Gasteiger partial charge in [-0.1, -0.05) is 48.0 Å². The number of rotatable bonds is 5. The monoisotopic (exact) mass is 323 g/mol. The lowest BCUT2D eigenvalue weighted by Gasteiger charge is -2.15. The first-order valence-electron chi connectivity index (χ1n) is 6.63. The van der Waals surface area contributed by atoms with E-state index in [2.05, 4.69) is 0 Å². The van der Waals surface area contributed by atoms with Gasteiger partial charge >= 0.3 is 0 Å². The number of hydrogen-bond acceptors (Lipinski definition) is 3. The van der Waals surface area contributed by atoms with Gasteiger partial charge in [0.1, 0.15) is 0 Å². The summed E-state index contributed by atoms with van der Waals surface area (Å²) in [7, 11) is -3.28. The molecule has 0 spiro atoms. The van der Waals surface area contributed by atoms with E-state index in [0.29, 0.717) is 5.02 Å². The zero-order valence-corrected chi connectivity index (χ0v) is 13.4. The third-order valence-corrected chi connectivity index (χ3v) is 5.21. The normalized spacial score (nSPS) is 13.1. The molecule has 1 atom stereocenters. The number of benzene rings is 2. The Balaban J connectivity index is 2.10. The van der Waals surface area contributed by atoms with Gasteiger partial charge < -0.3 is 5.73 Å². The van der Waals surface area contributed by atoms with Crippen molar-refractivity contribution < 1.29 is 8.42 Å². The second kappa shape index (κ2) is 6.60. The highest BCUT2D eigenvalue weighted by molar-refractivity contribution is 7.90. The molecule has 0 saturated heterocycles. The summed E-state index contributed by atoms with van der Waals surface area (Å²) in [6, 6.07) is 13.9. The fourth-order valence-electron chi connectivity index (χ4n) is 2.26. The van der Waals surface area contributed by atoms with Gasteiger partial charge in [-0.3, -0.25) is 0 Å². The molecule has 2 aromatic carbocycles. The van der Waals surface area contributed by atoms with Crippen molar-refractivity contribution in [1.82, 2.24) is 0 Å². The first-order chi connectivity index (χ1) is 9.87. The number of sulfone groups is 1. The van der Waals surface area contributed by atoms with Crippen molar-refractivity contribution in [2.24, 2.45) is 5.73 Å². The summed E-state index contributed by atoms with van der Waals surface area (Å²) >= 11 is 5.80. The van der Waals surface area contributed by atoms with Gasteiger partial charge in [-0.2, -0.15) is 0 Å². The molecular weight excluding hydrogens is 306 g/mol. The van der Waals surface area contributed by atoms with E-state index in [0.717, 1.165) is 16.7 Å². The van der Waals surface area contributed by atoms with Gasteiger partial charge in [0.2, 0.25) is 0 Å². The molecule has 0 aliphatic heterocycles. The fraction of sp³-hybridized carbons (Fsp3) is 0.250. The smallest absolute Gasteiger partial charge is 0.156 e. The molecule has 0 saturated carbocycles. The van der Waals surface area contributed by atoms with Crippen LogP contribution in [-0.4, -0.2) is 14.2 Å². The first kappa shape index (κ1) is 16.0. The quantitative estimate of drug-likeness (QED) is 0.918. The Morgan fingerprint density at radius 1 is 1.10 bits per heavy atom. The minimum atomic E-state index is -3.28. The maximum Gasteiger partial charge on any atom is 0.156 e. The summed E-state index contributed by atoms with van der Waals surface area (Å²) in [5.74, 6) is -0.0930. The molecule has 5 heteroatoms. The zero-order valence-electron chi connectivity index (χ0n) is 11.8. The Morgan fingerprint density at radius 3 is 2.33 bits per heavy atom. The minimum absolute atomic E-state index is 0.0241. The van der Waals surface area contributed by atoms with Crippen LogP contribution in [0.4, 0.5) is 0 Å². The Hall–Kier alpha value is -1.36. The van der Waals surface area contributed by atoms with Gasteiger partial charge in [0, 0.05) is 11.1 Å². The highest BCUT2D eigenvalue weighted by Crippen LogP contribution is 2.19. The number of halogens is 1. The topological polar surface area (TPSA) is 60.2 Å². The zero-order chi connectivity index (χ0) is 15.5. The van der Waals surface area contributed by atoms with E-state index in [9.17, 15) is 8.42 Å². The maximum absolute atomic E-state index is 12.3. The van der Waals surface area contributed by atoms with E-state index >= 15 is 0 Å². The molecule has 21 heavy (non-hydrogen) atoms. The Labute approximate surface area is 130 Å². The molecule has 3 nitrogen and oxygen atoms in total. The van der Waals surface area contributed by atoms with E-state index in [1.54, 1.807) is 24.3 Å². The standard InChI is InChI=1S/C16H18ClNO2S/c1-12-4-2-3-5-15(12)16(18)11-21(19,20)10-13-6-8-14(17)9-7-13/h2-9,16H,10-11,18H2,1H3. The van der Waals surface area contributed by atoms with E-state index in [1.165, 1.54) is 0 Å². The predicted molar refractivity (Wildman–Crippen MR) is 87.1 cm³/mol. The van der Waals surface area contributed by atoms with Crippen molar-refractivity contribution in [2.45, 2.75) is 18.7 Å². The van der Waals surface area contributed by atoms with Gasteiger partial charge in [0.05, 0.1) is 11.5 Å². The van der Waals surface area contributed by atoms with Crippen molar-refractivity contribution in [3.63, 3.8) is 0 Å². The molecular formula is C16H18ClNO2S. The van der Waals surface area contributed by atoms with Crippen LogP contribution in [0.2, 0.25) is 5.02 Å². The Bertz CT molecular complexity index is 711. The van der Waals surface area contributed by atoms with Gasteiger partial charge in [0.25, 0.3) is 0 Å². The van der Waals surface area contributed by atoms with Crippen molar-refractivity contribution in [2.75, 3.05) is 5.75 Å². The van der Waals surface area contributed by atoms with Crippen LogP contribution in [-0.2, 0) is 15.6 Å². The average molecular weight is 324 g/mol. The average Bonchev–Trinajstić information content (AvgIpc) is 2.41. The molecule has 0 aliphatic rings. The van der Waals surface area contributed by atoms with Crippen molar-refractivity contribution in [3.05, 3.63) is 70.2 Å². The molecule has 2 N–H and O–H groups in total. The van der Waals surface area contributed by atoms with Crippen LogP contribution in [0, 0.1) is 6.92 Å². The molecule has 2 aromatic rings. The molecule has 0 radical (unpaired) electrons. The summed E-state index contributed by atoms with van der Waals surface area (Å²) in [6.07, 6.45) is 0. The van der Waals surface area contributed by atoms with Gasteiger partial charge in [0.15, 0.2) is 9.84 Å². The maximum atomic E-state index is 12.3. The largest absolute Gasteiger partial charge is 0.323 e. The second-order valence-electron chi connectivity index (χ2n) is 5.14. The van der Waals surface area contributed by atoms with Crippen LogP contribution in [0.5, 0.6) is 0 Å². The molecule has 0 bridgehead atoms.